The van der Waals surface area contributed by atoms with Crippen molar-refractivity contribution in [1.29, 1.82) is 0 Å². The fourth-order valence-corrected chi connectivity index (χ4v) is 0. The maximum absolute atomic E-state index is 0. The van der Waals surface area contributed by atoms with E-state index in [1.54, 1.807) is 0 Å². The van der Waals surface area contributed by atoms with Gasteiger partial charge in [0.25, 0.3) is 0 Å². The molecule has 0 heterocycles. The van der Waals surface area contributed by atoms with Crippen molar-refractivity contribution in [3.05, 3.63) is 0 Å². The van der Waals surface area contributed by atoms with Gasteiger partial charge in [-0.2, -0.15) is 0 Å². The Balaban J connectivity index is 0. The molecule has 0 saturated carbocycles. The molecular formula is H4Mg2Ni2O5V2-10. The molecule has 0 aromatic heterocycles. The molecule has 0 aliphatic rings. The molecule has 0 unspecified atom stereocenters. The zero-order valence-corrected chi connectivity index (χ0v) is 12.6. The largest absolute Gasteiger partial charge is 2.00 e. The van der Waals surface area contributed by atoms with E-state index in [0.717, 1.165) is 0 Å². The number of hydrogen-bond acceptors (Lipinski definition) is 0. The van der Waals surface area contributed by atoms with Gasteiger partial charge >= 0.3 is 46.1 Å². The molecule has 0 spiro atoms. The Hall–Kier alpha value is 3.49. The van der Waals surface area contributed by atoms with Crippen LogP contribution >= 0.6 is 0 Å². The second-order valence-electron chi connectivity index (χ2n) is 0. The van der Waals surface area contributed by atoms with E-state index in [2.05, 4.69) is 0 Å². The van der Waals surface area contributed by atoms with Crippen LogP contribution in [0.1, 0.15) is 5.71 Å². The average Bonchev–Trinajstić information content (AvgIpc) is 0. The topological polar surface area (TPSA) is 142 Å². The van der Waals surface area contributed by atoms with E-state index >= 15 is 0 Å². The molecule has 11 heavy (non-hydrogen) atoms. The maximum Gasteiger partial charge on any atom is 2.00 e. The zero-order valence-electron chi connectivity index (χ0n) is 8.98. The van der Waals surface area contributed by atoms with Gasteiger partial charge < -0.3 is 33.1 Å². The Morgan fingerprint density at radius 3 is 0.455 bits per heavy atom. The van der Waals surface area contributed by atoms with Gasteiger partial charge in [-0.1, -0.05) is 0 Å². The van der Waals surface area contributed by atoms with E-state index in [4.69, 9.17) is 0 Å². The van der Waals surface area contributed by atoms with E-state index in [0.29, 0.717) is 0 Å². The second-order valence-corrected chi connectivity index (χ2v) is 0. The summed E-state index contributed by atoms with van der Waals surface area (Å²) in [6, 6.07) is 0. The Morgan fingerprint density at radius 2 is 0.455 bits per heavy atom. The molecule has 0 aromatic rings. The predicted octanol–water partition coefficient (Wildman–Crippen LogP) is -0.916. The van der Waals surface area contributed by atoms with Crippen LogP contribution in [0.4, 0.5) is 0 Å². The first kappa shape index (κ1) is 217. The van der Waals surface area contributed by atoms with Gasteiger partial charge in [-0.25, -0.2) is 0 Å². The summed E-state index contributed by atoms with van der Waals surface area (Å²) in [5, 5.41) is 0. The van der Waals surface area contributed by atoms with Crippen LogP contribution in [-0.2, 0) is 97.5 Å². The molecule has 0 atom stereocenters. The first-order valence-electron chi connectivity index (χ1n) is 0. The standard InChI is InChI=1S/2Mg.2Ni.5O.2V.4H/q2*+2;;;5*-2;;;4*-1. The molecule has 0 N–H and O–H groups in total. The van der Waals surface area contributed by atoms with E-state index in [9.17, 15) is 0 Å². The molecular weight excluding hydrogens is 348 g/mol. The third-order valence-corrected chi connectivity index (χ3v) is 0. The van der Waals surface area contributed by atoms with Gasteiger partial charge in [0.15, 0.2) is 0 Å². The Bertz CT molecular complexity index is 33.0. The van der Waals surface area contributed by atoms with Crippen LogP contribution in [0.2, 0.25) is 0 Å². The van der Waals surface area contributed by atoms with Gasteiger partial charge in [-0.3, -0.25) is 0 Å². The molecule has 0 bridgehead atoms. The van der Waals surface area contributed by atoms with Gasteiger partial charge in [0.05, 0.1) is 0 Å². The SMILES string of the molecule is [H-].[H-].[H-].[H-].[Mg+2].[Mg+2].[Ni].[Ni].[O-2].[O-2].[O-2].[O-2].[O-2].[V].[V]. The summed E-state index contributed by atoms with van der Waals surface area (Å²) in [5.41, 5.74) is 0. The van der Waals surface area contributed by atoms with Crippen molar-refractivity contribution in [3.63, 3.8) is 0 Å². The molecule has 0 rings (SSSR count). The Kier molecular flexibility index (Phi) is 3400. The minimum Gasteiger partial charge on any atom is -2.00 e. The van der Waals surface area contributed by atoms with E-state index in [1.165, 1.54) is 0 Å². The van der Waals surface area contributed by atoms with Crippen molar-refractivity contribution >= 4 is 46.1 Å². The fourth-order valence-electron chi connectivity index (χ4n) is 0. The Labute approximate surface area is 147 Å². The first-order valence-corrected chi connectivity index (χ1v) is 0. The molecule has 78 valence electrons. The van der Waals surface area contributed by atoms with Crippen LogP contribution in [0.5, 0.6) is 0 Å². The molecule has 0 aromatic carbocycles. The van der Waals surface area contributed by atoms with E-state index < -0.39 is 0 Å². The zero-order chi connectivity index (χ0) is 0. The van der Waals surface area contributed by atoms with Crippen molar-refractivity contribution in [2.75, 3.05) is 0 Å². The van der Waals surface area contributed by atoms with Gasteiger partial charge in [0.2, 0.25) is 0 Å². The van der Waals surface area contributed by atoms with Crippen LogP contribution < -0.4 is 0 Å². The molecule has 0 amide bonds. The maximum atomic E-state index is 0. The summed E-state index contributed by atoms with van der Waals surface area (Å²) in [4.78, 5) is 0. The van der Waals surface area contributed by atoms with Crippen molar-refractivity contribution in [2.24, 2.45) is 0 Å². The normalized spacial score (nSPS) is 0. The minimum absolute atomic E-state index is 0. The summed E-state index contributed by atoms with van der Waals surface area (Å²) < 4.78 is 0. The van der Waals surface area contributed by atoms with Gasteiger partial charge in [-0.05, 0) is 0 Å². The van der Waals surface area contributed by atoms with Crippen LogP contribution in [0.15, 0.2) is 0 Å². The molecule has 0 fully saturated rings. The second kappa shape index (κ2) is 173. The quantitative estimate of drug-likeness (QED) is 0.498. The fraction of sp³-hybridized carbons (Fsp3) is 0. The third kappa shape index (κ3) is 146. The van der Waals surface area contributed by atoms with Crippen LogP contribution in [0, 0.1) is 0 Å². The molecule has 5 nitrogen and oxygen atoms in total. The molecule has 0 aliphatic carbocycles. The predicted molar refractivity (Wildman–Crippen MR) is 19.4 cm³/mol. The van der Waals surface area contributed by atoms with Gasteiger partial charge in [0.1, 0.15) is 0 Å². The minimum atomic E-state index is 0. The van der Waals surface area contributed by atoms with Gasteiger partial charge in [-0.15, -0.1) is 0 Å². The number of hydrogen-bond donors (Lipinski definition) is 0. The van der Waals surface area contributed by atoms with E-state index in [-0.39, 0.29) is 149 Å². The number of rotatable bonds is 0. The van der Waals surface area contributed by atoms with Gasteiger partial charge in [0, 0.05) is 70.1 Å². The van der Waals surface area contributed by atoms with Crippen molar-refractivity contribution in [2.45, 2.75) is 0 Å². The summed E-state index contributed by atoms with van der Waals surface area (Å²) in [6.07, 6.45) is 0. The summed E-state index contributed by atoms with van der Waals surface area (Å²) >= 11 is 0. The van der Waals surface area contributed by atoms with Crippen LogP contribution in [0.3, 0.4) is 0 Å². The van der Waals surface area contributed by atoms with Crippen LogP contribution in [0.25, 0.3) is 0 Å². The molecule has 2 radical (unpaired) electrons. The van der Waals surface area contributed by atoms with Crippen molar-refractivity contribution in [1.82, 2.24) is 0 Å². The van der Waals surface area contributed by atoms with Crippen LogP contribution in [-0.4, -0.2) is 46.1 Å². The molecule has 0 saturated heterocycles. The Morgan fingerprint density at radius 1 is 0.455 bits per heavy atom. The average molecular weight is 352 g/mol. The summed E-state index contributed by atoms with van der Waals surface area (Å²) in [6.45, 7) is 0. The summed E-state index contributed by atoms with van der Waals surface area (Å²) in [5.74, 6) is 0. The third-order valence-electron chi connectivity index (χ3n) is 0. The van der Waals surface area contributed by atoms with Crippen molar-refractivity contribution in [3.8, 4) is 0 Å². The molecule has 0 aliphatic heterocycles. The summed E-state index contributed by atoms with van der Waals surface area (Å²) in [7, 11) is 0. The smallest absolute Gasteiger partial charge is 2.00 e. The first-order chi connectivity index (χ1) is 0. The van der Waals surface area contributed by atoms with E-state index in [1.807, 2.05) is 0 Å². The monoisotopic (exact) mass is 350 g/mol. The molecule has 11 heteroatoms. The van der Waals surface area contributed by atoms with Crippen molar-refractivity contribution < 1.29 is 103 Å².